The Morgan fingerprint density at radius 2 is 1.71 bits per heavy atom. The van der Waals surface area contributed by atoms with Crippen LogP contribution in [0, 0.1) is 5.41 Å². The number of esters is 1. The van der Waals surface area contributed by atoms with Gasteiger partial charge in [-0.15, -0.1) is 0 Å². The summed E-state index contributed by atoms with van der Waals surface area (Å²) in [6.07, 6.45) is 5.57. The van der Waals surface area contributed by atoms with Gasteiger partial charge in [-0.05, 0) is 38.5 Å². The molecule has 1 aliphatic carbocycles. The third-order valence-corrected chi connectivity index (χ3v) is 3.32. The van der Waals surface area contributed by atoms with E-state index in [-0.39, 0.29) is 5.97 Å². The molecule has 1 aromatic rings. The predicted molar refractivity (Wildman–Crippen MR) is 85.3 cm³/mol. The number of ether oxygens (including phenoxy) is 1. The quantitative estimate of drug-likeness (QED) is 0.450. The molecule has 0 aromatic heterocycles. The topological polar surface area (TPSA) is 29.3 Å². The molecular formula is C18H22NO2+. The van der Waals surface area contributed by atoms with Gasteiger partial charge in [0.2, 0.25) is 5.71 Å². The average Bonchev–Trinajstić information content (AvgIpc) is 2.42. The fraction of sp³-hybridized carbons (Fsp3) is 0.333. The van der Waals surface area contributed by atoms with Crippen LogP contribution in [-0.2, 0) is 9.53 Å². The van der Waals surface area contributed by atoms with Crippen LogP contribution in [0.3, 0.4) is 0 Å². The summed E-state index contributed by atoms with van der Waals surface area (Å²) in [5, 5.41) is 0. The van der Waals surface area contributed by atoms with Crippen LogP contribution in [0.2, 0.25) is 0 Å². The lowest BCUT2D eigenvalue weighted by atomic mass is 9.91. The molecule has 0 N–H and O–H groups in total. The summed E-state index contributed by atoms with van der Waals surface area (Å²) in [6.45, 7) is 5.53. The van der Waals surface area contributed by atoms with Crippen LogP contribution in [0.5, 0.6) is 0 Å². The number of carbonyl (C=O) groups is 1. The van der Waals surface area contributed by atoms with E-state index in [0.29, 0.717) is 0 Å². The number of hydrogen-bond donors (Lipinski definition) is 0. The van der Waals surface area contributed by atoms with Gasteiger partial charge < -0.3 is 4.74 Å². The Labute approximate surface area is 126 Å². The summed E-state index contributed by atoms with van der Waals surface area (Å²) in [4.78, 5) is 11.9. The fourth-order valence-corrected chi connectivity index (χ4v) is 2.09. The number of carbonyl (C=O) groups excluding carboxylic acids is 1. The Hall–Kier alpha value is -2.16. The summed E-state index contributed by atoms with van der Waals surface area (Å²) in [5.41, 5.74) is 3.77. The number of hydrogen-bond acceptors (Lipinski definition) is 2. The van der Waals surface area contributed by atoms with Crippen LogP contribution < -0.4 is 0 Å². The summed E-state index contributed by atoms with van der Waals surface area (Å²) in [7, 11) is 4.04. The molecule has 0 saturated carbocycles. The summed E-state index contributed by atoms with van der Waals surface area (Å²) in [5.74, 6) is -0.233. The molecule has 2 rings (SSSR count). The lowest BCUT2D eigenvalue weighted by Gasteiger charge is -2.17. The first-order valence-electron chi connectivity index (χ1n) is 7.04. The number of allylic oxidation sites excluding steroid dienone is 3. The van der Waals surface area contributed by atoms with Crippen LogP contribution in [0.25, 0.3) is 5.57 Å². The van der Waals surface area contributed by atoms with Crippen molar-refractivity contribution in [2.75, 3.05) is 14.1 Å². The number of benzene rings is 1. The second kappa shape index (κ2) is 5.68. The van der Waals surface area contributed by atoms with E-state index in [0.717, 1.165) is 22.4 Å². The first kappa shape index (κ1) is 15.2. The van der Waals surface area contributed by atoms with Crippen molar-refractivity contribution in [2.45, 2.75) is 20.8 Å². The van der Waals surface area contributed by atoms with Gasteiger partial charge in [-0.3, -0.25) is 4.79 Å². The first-order valence-corrected chi connectivity index (χ1v) is 7.04. The Bertz CT molecular complexity index is 654. The molecule has 0 bridgehead atoms. The minimum atomic E-state index is -0.504. The molecule has 1 aromatic carbocycles. The van der Waals surface area contributed by atoms with Crippen LogP contribution >= 0.6 is 0 Å². The first-order chi connectivity index (χ1) is 9.80. The van der Waals surface area contributed by atoms with Gasteiger partial charge in [0.25, 0.3) is 0 Å². The molecule has 0 spiro atoms. The average molecular weight is 284 g/mol. The third kappa shape index (κ3) is 3.30. The molecule has 0 radical (unpaired) electrons. The minimum absolute atomic E-state index is 0.233. The van der Waals surface area contributed by atoms with Crippen molar-refractivity contribution in [2.24, 2.45) is 5.41 Å². The van der Waals surface area contributed by atoms with E-state index in [2.05, 4.69) is 10.6 Å². The van der Waals surface area contributed by atoms with Gasteiger partial charge in [0, 0.05) is 11.6 Å². The lowest BCUT2D eigenvalue weighted by Crippen LogP contribution is -2.21. The van der Waals surface area contributed by atoms with E-state index in [9.17, 15) is 4.79 Å². The second-order valence-electron chi connectivity index (χ2n) is 6.39. The van der Waals surface area contributed by atoms with E-state index in [1.165, 1.54) is 0 Å². The lowest BCUT2D eigenvalue weighted by molar-refractivity contribution is -0.463. The van der Waals surface area contributed by atoms with Gasteiger partial charge in [-0.1, -0.05) is 18.2 Å². The van der Waals surface area contributed by atoms with Crippen molar-refractivity contribution >= 4 is 17.3 Å². The molecule has 0 aliphatic heterocycles. The normalized spacial score (nSPS) is 15.9. The highest BCUT2D eigenvalue weighted by Gasteiger charge is 2.24. The zero-order chi connectivity index (χ0) is 15.6. The van der Waals surface area contributed by atoms with E-state index in [4.69, 9.17) is 4.74 Å². The number of rotatable bonds is 1. The molecule has 1 aliphatic rings. The van der Waals surface area contributed by atoms with Gasteiger partial charge in [0.1, 0.15) is 20.4 Å². The standard InChI is InChI=1S/C18H22NO2/c1-18(2,3)17(20)21-12-13-10-11-16(19(4)5)15-9-7-6-8-14(13)15/h6-12H,1-5H3/q+1. The zero-order valence-electron chi connectivity index (χ0n) is 13.3. The highest BCUT2D eigenvalue weighted by Crippen LogP contribution is 2.26. The molecule has 0 saturated heterocycles. The van der Waals surface area contributed by atoms with Gasteiger partial charge in [0.15, 0.2) is 0 Å². The Kier molecular flexibility index (Phi) is 4.12. The summed E-state index contributed by atoms with van der Waals surface area (Å²) >= 11 is 0. The second-order valence-corrected chi connectivity index (χ2v) is 6.39. The SMILES string of the molecule is C[N+](C)=C1C=CC(=COC(=O)C(C)(C)C)c2ccccc21. The third-order valence-electron chi connectivity index (χ3n) is 3.32. The zero-order valence-corrected chi connectivity index (χ0v) is 13.3. The van der Waals surface area contributed by atoms with Crippen LogP contribution in [0.15, 0.2) is 42.7 Å². The van der Waals surface area contributed by atoms with Gasteiger partial charge in [-0.2, -0.15) is 0 Å². The van der Waals surface area contributed by atoms with Crippen molar-refractivity contribution in [1.29, 1.82) is 0 Å². The molecule has 3 nitrogen and oxygen atoms in total. The van der Waals surface area contributed by atoms with E-state index < -0.39 is 5.41 Å². The van der Waals surface area contributed by atoms with Gasteiger partial charge in [-0.25, -0.2) is 4.58 Å². The summed E-state index contributed by atoms with van der Waals surface area (Å²) < 4.78 is 7.40. The molecule has 0 fully saturated rings. The molecule has 21 heavy (non-hydrogen) atoms. The maximum Gasteiger partial charge on any atom is 0.316 e. The molecule has 3 heteroatoms. The van der Waals surface area contributed by atoms with E-state index in [1.807, 2.05) is 65.2 Å². The largest absolute Gasteiger partial charge is 0.433 e. The van der Waals surface area contributed by atoms with Crippen molar-refractivity contribution in [3.8, 4) is 0 Å². The van der Waals surface area contributed by atoms with Crippen molar-refractivity contribution in [3.05, 3.63) is 53.8 Å². The highest BCUT2D eigenvalue weighted by atomic mass is 16.5. The monoisotopic (exact) mass is 284 g/mol. The maximum absolute atomic E-state index is 11.9. The molecular weight excluding hydrogens is 262 g/mol. The number of nitrogens with zero attached hydrogens (tertiary/aromatic N) is 1. The van der Waals surface area contributed by atoms with Crippen LogP contribution in [0.1, 0.15) is 31.9 Å². The van der Waals surface area contributed by atoms with E-state index in [1.54, 1.807) is 6.26 Å². The van der Waals surface area contributed by atoms with Crippen molar-refractivity contribution in [1.82, 2.24) is 0 Å². The highest BCUT2D eigenvalue weighted by molar-refractivity contribution is 6.12. The predicted octanol–water partition coefficient (Wildman–Crippen LogP) is 3.25. The van der Waals surface area contributed by atoms with Crippen molar-refractivity contribution in [3.63, 3.8) is 0 Å². The smallest absolute Gasteiger partial charge is 0.316 e. The Morgan fingerprint density at radius 1 is 1.10 bits per heavy atom. The molecule has 0 amide bonds. The number of fused-ring (bicyclic) bond motifs is 1. The maximum atomic E-state index is 11.9. The Balaban J connectivity index is 2.38. The minimum Gasteiger partial charge on any atom is -0.433 e. The van der Waals surface area contributed by atoms with Crippen molar-refractivity contribution < 1.29 is 14.1 Å². The summed E-state index contributed by atoms with van der Waals surface area (Å²) in [6, 6.07) is 8.12. The van der Waals surface area contributed by atoms with Gasteiger partial charge >= 0.3 is 5.97 Å². The molecule has 110 valence electrons. The van der Waals surface area contributed by atoms with E-state index >= 15 is 0 Å². The van der Waals surface area contributed by atoms with Crippen LogP contribution in [-0.4, -0.2) is 30.4 Å². The molecule has 0 atom stereocenters. The molecule has 0 unspecified atom stereocenters. The Morgan fingerprint density at radius 3 is 2.29 bits per heavy atom. The van der Waals surface area contributed by atoms with Crippen LogP contribution in [0.4, 0.5) is 0 Å². The fourth-order valence-electron chi connectivity index (χ4n) is 2.09. The van der Waals surface area contributed by atoms with Gasteiger partial charge in [0.05, 0.1) is 11.0 Å². The molecule has 0 heterocycles.